The summed E-state index contributed by atoms with van der Waals surface area (Å²) in [5.74, 6) is 2.17. The molecule has 1 aromatic carbocycles. The van der Waals surface area contributed by atoms with E-state index in [2.05, 4.69) is 38.3 Å². The lowest BCUT2D eigenvalue weighted by Crippen LogP contribution is -2.04. The lowest BCUT2D eigenvalue weighted by Gasteiger charge is -2.09. The maximum Gasteiger partial charge on any atom is 0.200 e. The number of halogens is 1. The van der Waals surface area contributed by atoms with Gasteiger partial charge in [-0.25, -0.2) is 0 Å². The van der Waals surface area contributed by atoms with Crippen molar-refractivity contribution in [2.75, 3.05) is 12.4 Å². The first kappa shape index (κ1) is 16.3. The van der Waals surface area contributed by atoms with E-state index in [0.29, 0.717) is 22.8 Å². The predicted octanol–water partition coefficient (Wildman–Crippen LogP) is 3.82. The van der Waals surface area contributed by atoms with Gasteiger partial charge in [0.15, 0.2) is 15.6 Å². The quantitative estimate of drug-likeness (QED) is 0.488. The molecular formula is C16H16BrN3O2S. The number of benzene rings is 1. The predicted molar refractivity (Wildman–Crippen MR) is 93.4 cm³/mol. The van der Waals surface area contributed by atoms with Gasteiger partial charge in [-0.15, -0.1) is 10.2 Å². The molecule has 0 aliphatic heterocycles. The molecule has 0 radical (unpaired) electrons. The van der Waals surface area contributed by atoms with Crippen molar-refractivity contribution in [2.24, 2.45) is 0 Å². The summed E-state index contributed by atoms with van der Waals surface area (Å²) in [6, 6.07) is 13.9. The first-order valence-electron chi connectivity index (χ1n) is 7.24. The van der Waals surface area contributed by atoms with Gasteiger partial charge in [-0.2, -0.15) is 0 Å². The van der Waals surface area contributed by atoms with Crippen LogP contribution in [0, 0.1) is 0 Å². The number of furan rings is 1. The summed E-state index contributed by atoms with van der Waals surface area (Å²) in [5, 5.41) is 18.4. The first-order valence-corrected chi connectivity index (χ1v) is 9.02. The number of thioether (sulfide) groups is 1. The molecular weight excluding hydrogens is 378 g/mol. The van der Waals surface area contributed by atoms with Crippen molar-refractivity contribution in [2.45, 2.75) is 18.1 Å². The van der Waals surface area contributed by atoms with E-state index in [1.165, 1.54) is 5.56 Å². The average molecular weight is 394 g/mol. The highest BCUT2D eigenvalue weighted by Gasteiger charge is 2.17. The summed E-state index contributed by atoms with van der Waals surface area (Å²) >= 11 is 4.91. The minimum atomic E-state index is 0.178. The second-order valence-corrected chi connectivity index (χ2v) is 6.75. The molecule has 0 unspecified atom stereocenters. The monoisotopic (exact) mass is 393 g/mol. The Hall–Kier alpha value is -1.57. The SMILES string of the molecule is OCCCSc1nnc(-c2ccc(Br)o2)n1Cc1ccccc1. The Morgan fingerprint density at radius 2 is 1.96 bits per heavy atom. The third-order valence-electron chi connectivity index (χ3n) is 3.23. The van der Waals surface area contributed by atoms with Crippen molar-refractivity contribution in [1.29, 1.82) is 0 Å². The van der Waals surface area contributed by atoms with Crippen LogP contribution in [0.15, 0.2) is 56.7 Å². The molecule has 3 rings (SSSR count). The number of aliphatic hydroxyl groups is 1. The van der Waals surface area contributed by atoms with Crippen LogP contribution in [0.5, 0.6) is 0 Å². The largest absolute Gasteiger partial charge is 0.446 e. The van der Waals surface area contributed by atoms with Crippen molar-refractivity contribution >= 4 is 27.7 Å². The molecule has 7 heteroatoms. The molecule has 0 fully saturated rings. The topological polar surface area (TPSA) is 64.1 Å². The highest BCUT2D eigenvalue weighted by atomic mass is 79.9. The van der Waals surface area contributed by atoms with Gasteiger partial charge in [0.25, 0.3) is 0 Å². The first-order chi connectivity index (χ1) is 11.3. The molecule has 3 aromatic rings. The minimum Gasteiger partial charge on any atom is -0.446 e. The van der Waals surface area contributed by atoms with Gasteiger partial charge in [0.05, 0.1) is 6.54 Å². The Balaban J connectivity index is 1.92. The van der Waals surface area contributed by atoms with Crippen LogP contribution >= 0.6 is 27.7 Å². The molecule has 1 N–H and O–H groups in total. The molecule has 0 amide bonds. The molecule has 23 heavy (non-hydrogen) atoms. The third kappa shape index (κ3) is 4.04. The van der Waals surface area contributed by atoms with Crippen LogP contribution in [0.3, 0.4) is 0 Å². The van der Waals surface area contributed by atoms with E-state index in [1.807, 2.05) is 34.9 Å². The molecule has 0 saturated carbocycles. The minimum absolute atomic E-state index is 0.178. The smallest absolute Gasteiger partial charge is 0.200 e. The molecule has 0 aliphatic rings. The van der Waals surface area contributed by atoms with Gasteiger partial charge in [-0.3, -0.25) is 4.57 Å². The molecule has 0 spiro atoms. The van der Waals surface area contributed by atoms with Gasteiger partial charge in [0.2, 0.25) is 5.82 Å². The van der Waals surface area contributed by atoms with Gasteiger partial charge in [0.1, 0.15) is 0 Å². The number of aromatic nitrogens is 3. The van der Waals surface area contributed by atoms with E-state index < -0.39 is 0 Å². The summed E-state index contributed by atoms with van der Waals surface area (Å²) in [7, 11) is 0. The standard InChI is InChI=1S/C16H16BrN3O2S/c17-14-8-7-13(22-14)15-18-19-16(23-10-4-9-21)20(15)11-12-5-2-1-3-6-12/h1-3,5-8,21H,4,9-11H2. The van der Waals surface area contributed by atoms with Crippen molar-refractivity contribution in [3.8, 4) is 11.6 Å². The Morgan fingerprint density at radius 1 is 1.13 bits per heavy atom. The summed E-state index contributed by atoms with van der Waals surface area (Å²) in [4.78, 5) is 0. The van der Waals surface area contributed by atoms with Crippen LogP contribution in [0.2, 0.25) is 0 Å². The zero-order valence-corrected chi connectivity index (χ0v) is 14.8. The summed E-state index contributed by atoms with van der Waals surface area (Å²) in [6.45, 7) is 0.848. The Morgan fingerprint density at radius 3 is 2.65 bits per heavy atom. The van der Waals surface area contributed by atoms with Crippen molar-refractivity contribution in [1.82, 2.24) is 14.8 Å². The number of aliphatic hydroxyl groups excluding tert-OH is 1. The normalized spacial score (nSPS) is 11.0. The van der Waals surface area contributed by atoms with E-state index in [4.69, 9.17) is 9.52 Å². The summed E-state index contributed by atoms with van der Waals surface area (Å²) < 4.78 is 8.34. The van der Waals surface area contributed by atoms with Crippen molar-refractivity contribution in [3.05, 3.63) is 52.7 Å². The second kappa shape index (κ2) is 7.81. The lowest BCUT2D eigenvalue weighted by molar-refractivity contribution is 0.296. The molecule has 0 saturated heterocycles. The van der Waals surface area contributed by atoms with E-state index in [-0.39, 0.29) is 6.61 Å². The summed E-state index contributed by atoms with van der Waals surface area (Å²) in [5.41, 5.74) is 1.17. The van der Waals surface area contributed by atoms with E-state index >= 15 is 0 Å². The maximum absolute atomic E-state index is 8.96. The van der Waals surface area contributed by atoms with Crippen molar-refractivity contribution < 1.29 is 9.52 Å². The zero-order valence-electron chi connectivity index (χ0n) is 12.4. The van der Waals surface area contributed by atoms with Crippen LogP contribution in [0.25, 0.3) is 11.6 Å². The molecule has 2 heterocycles. The molecule has 5 nitrogen and oxygen atoms in total. The fourth-order valence-electron chi connectivity index (χ4n) is 2.15. The Labute approximate surface area is 146 Å². The number of nitrogens with zero attached hydrogens (tertiary/aromatic N) is 3. The third-order valence-corrected chi connectivity index (χ3v) is 4.71. The fourth-order valence-corrected chi connectivity index (χ4v) is 3.32. The van der Waals surface area contributed by atoms with Gasteiger partial charge >= 0.3 is 0 Å². The average Bonchev–Trinajstić information content (AvgIpc) is 3.15. The van der Waals surface area contributed by atoms with Gasteiger partial charge in [0, 0.05) is 12.4 Å². The second-order valence-electron chi connectivity index (χ2n) is 4.91. The van der Waals surface area contributed by atoms with Gasteiger partial charge in [-0.1, -0.05) is 42.1 Å². The highest BCUT2D eigenvalue weighted by Crippen LogP contribution is 2.28. The van der Waals surface area contributed by atoms with E-state index in [0.717, 1.165) is 17.3 Å². The summed E-state index contributed by atoms with van der Waals surface area (Å²) in [6.07, 6.45) is 0.727. The van der Waals surface area contributed by atoms with E-state index in [9.17, 15) is 0 Å². The van der Waals surface area contributed by atoms with Crippen LogP contribution < -0.4 is 0 Å². The molecule has 2 aromatic heterocycles. The fraction of sp³-hybridized carbons (Fsp3) is 0.250. The van der Waals surface area contributed by atoms with Gasteiger partial charge < -0.3 is 9.52 Å². The van der Waals surface area contributed by atoms with Crippen LogP contribution in [0.4, 0.5) is 0 Å². The van der Waals surface area contributed by atoms with Gasteiger partial charge in [-0.05, 0) is 40.0 Å². The zero-order chi connectivity index (χ0) is 16.1. The van der Waals surface area contributed by atoms with Crippen LogP contribution in [-0.4, -0.2) is 32.2 Å². The Bertz CT molecular complexity index is 758. The van der Waals surface area contributed by atoms with E-state index in [1.54, 1.807) is 11.8 Å². The molecule has 0 atom stereocenters. The van der Waals surface area contributed by atoms with Crippen LogP contribution in [-0.2, 0) is 6.54 Å². The number of hydrogen-bond donors (Lipinski definition) is 1. The van der Waals surface area contributed by atoms with Crippen LogP contribution in [0.1, 0.15) is 12.0 Å². The number of rotatable bonds is 7. The maximum atomic E-state index is 8.96. The Kier molecular flexibility index (Phi) is 5.53. The molecule has 0 bridgehead atoms. The highest BCUT2D eigenvalue weighted by molar-refractivity contribution is 9.10. The number of hydrogen-bond acceptors (Lipinski definition) is 5. The molecule has 0 aliphatic carbocycles. The van der Waals surface area contributed by atoms with Crippen molar-refractivity contribution in [3.63, 3.8) is 0 Å². The molecule has 120 valence electrons. The lowest BCUT2D eigenvalue weighted by atomic mass is 10.2.